The number of aryl methyl sites for hydroxylation is 1. The third-order valence-electron chi connectivity index (χ3n) is 5.54. The normalized spacial score (nSPS) is 17.1. The summed E-state index contributed by atoms with van der Waals surface area (Å²) >= 11 is 1.20. The van der Waals surface area contributed by atoms with Crippen LogP contribution in [0.3, 0.4) is 0 Å². The molecule has 1 aliphatic rings. The Morgan fingerprint density at radius 1 is 1.03 bits per heavy atom. The number of benzene rings is 2. The molecule has 9 heteroatoms. The van der Waals surface area contributed by atoms with Gasteiger partial charge in [-0.15, -0.1) is 10.2 Å². The minimum Gasteiger partial charge on any atom is -0.507 e. The first-order valence-electron chi connectivity index (χ1n) is 10.8. The van der Waals surface area contributed by atoms with Crippen molar-refractivity contribution in [2.75, 3.05) is 4.90 Å². The third kappa shape index (κ3) is 4.41. The van der Waals surface area contributed by atoms with E-state index in [0.717, 1.165) is 5.56 Å². The van der Waals surface area contributed by atoms with Gasteiger partial charge in [-0.1, -0.05) is 53.8 Å². The summed E-state index contributed by atoms with van der Waals surface area (Å²) in [6, 6.07) is 19.1. The summed E-state index contributed by atoms with van der Waals surface area (Å²) < 4.78 is 5.97. The molecule has 8 nitrogen and oxygen atoms in total. The van der Waals surface area contributed by atoms with E-state index in [1.54, 1.807) is 43.3 Å². The second-order valence-corrected chi connectivity index (χ2v) is 9.02. The van der Waals surface area contributed by atoms with Crippen LogP contribution in [0.15, 0.2) is 84.7 Å². The summed E-state index contributed by atoms with van der Waals surface area (Å²) in [7, 11) is 0. The third-order valence-corrected chi connectivity index (χ3v) is 6.38. The van der Waals surface area contributed by atoms with Gasteiger partial charge in [-0.25, -0.2) is 0 Å². The Morgan fingerprint density at radius 3 is 2.51 bits per heavy atom. The Kier molecular flexibility index (Phi) is 6.07. The Labute approximate surface area is 205 Å². The zero-order chi connectivity index (χ0) is 24.4. The number of pyridine rings is 1. The number of aliphatic hydroxyl groups is 1. The molecule has 3 heterocycles. The Bertz CT molecular complexity index is 1420. The minimum absolute atomic E-state index is 0.0331. The standard InChI is InChI=1S/C26H20N4O4S/c1-16-28-29-26(35-16)30-22(21(24(32)25(30)33)23(31)18-10-12-27-13-11-18)19-8-5-9-20(14-19)34-15-17-6-3-2-4-7-17/h2-14,22,31H,15H2,1H3/b23-21+. The van der Waals surface area contributed by atoms with Crippen molar-refractivity contribution in [2.24, 2.45) is 0 Å². The second kappa shape index (κ2) is 9.47. The first-order valence-corrected chi connectivity index (χ1v) is 11.6. The van der Waals surface area contributed by atoms with Gasteiger partial charge in [0, 0.05) is 18.0 Å². The van der Waals surface area contributed by atoms with Gasteiger partial charge in [0.1, 0.15) is 23.1 Å². The molecule has 4 aromatic rings. The molecule has 1 amide bonds. The molecule has 2 aromatic heterocycles. The number of nitrogens with zero attached hydrogens (tertiary/aromatic N) is 4. The molecule has 0 saturated carbocycles. The van der Waals surface area contributed by atoms with Gasteiger partial charge in [-0.05, 0) is 42.3 Å². The maximum Gasteiger partial charge on any atom is 0.301 e. The molecular formula is C26H20N4O4S. The molecule has 5 rings (SSSR count). The van der Waals surface area contributed by atoms with Crippen LogP contribution >= 0.6 is 11.3 Å². The summed E-state index contributed by atoms with van der Waals surface area (Å²) in [6.45, 7) is 2.12. The summed E-state index contributed by atoms with van der Waals surface area (Å²) in [4.78, 5) is 31.6. The lowest BCUT2D eigenvalue weighted by Gasteiger charge is -2.23. The topological polar surface area (TPSA) is 106 Å². The summed E-state index contributed by atoms with van der Waals surface area (Å²) in [5, 5.41) is 20.2. The number of carbonyl (C=O) groups is 2. The van der Waals surface area contributed by atoms with Crippen LogP contribution < -0.4 is 9.64 Å². The molecule has 1 unspecified atom stereocenters. The fourth-order valence-electron chi connectivity index (χ4n) is 3.91. The Hall–Kier alpha value is -4.37. The summed E-state index contributed by atoms with van der Waals surface area (Å²) in [6.07, 6.45) is 3.01. The number of hydrogen-bond donors (Lipinski definition) is 1. The van der Waals surface area contributed by atoms with Gasteiger partial charge in [-0.2, -0.15) is 0 Å². The highest BCUT2D eigenvalue weighted by Gasteiger charge is 2.48. The molecule has 1 atom stereocenters. The van der Waals surface area contributed by atoms with Crippen LogP contribution in [0.1, 0.15) is 27.7 Å². The van der Waals surface area contributed by atoms with Crippen LogP contribution in [0, 0.1) is 6.92 Å². The Balaban J connectivity index is 1.59. The van der Waals surface area contributed by atoms with Crippen molar-refractivity contribution < 1.29 is 19.4 Å². The minimum atomic E-state index is -0.907. The van der Waals surface area contributed by atoms with Gasteiger partial charge < -0.3 is 9.84 Å². The smallest absolute Gasteiger partial charge is 0.301 e. The average Bonchev–Trinajstić information content (AvgIpc) is 3.44. The highest BCUT2D eigenvalue weighted by atomic mass is 32.1. The lowest BCUT2D eigenvalue weighted by Crippen LogP contribution is -2.29. The summed E-state index contributed by atoms with van der Waals surface area (Å²) in [5.74, 6) is -1.30. The summed E-state index contributed by atoms with van der Waals surface area (Å²) in [5.41, 5.74) is 1.95. The molecule has 0 radical (unpaired) electrons. The number of Topliss-reactive ketones (excluding diaryl/α,β-unsaturated/α-hetero) is 1. The van der Waals surface area contributed by atoms with Crippen molar-refractivity contribution in [3.8, 4) is 5.75 Å². The van der Waals surface area contributed by atoms with Gasteiger partial charge >= 0.3 is 5.91 Å². The predicted octanol–water partition coefficient (Wildman–Crippen LogP) is 4.45. The quantitative estimate of drug-likeness (QED) is 0.245. The number of aliphatic hydroxyl groups excluding tert-OH is 1. The van der Waals surface area contributed by atoms with Crippen molar-refractivity contribution >= 4 is 33.9 Å². The largest absolute Gasteiger partial charge is 0.507 e. The molecule has 1 N–H and O–H groups in total. The second-order valence-electron chi connectivity index (χ2n) is 7.86. The van der Waals surface area contributed by atoms with E-state index in [2.05, 4.69) is 15.2 Å². The lowest BCUT2D eigenvalue weighted by atomic mass is 9.95. The molecule has 0 aliphatic carbocycles. The lowest BCUT2D eigenvalue weighted by molar-refractivity contribution is -0.132. The van der Waals surface area contributed by atoms with E-state index in [0.29, 0.717) is 28.5 Å². The number of hydrogen-bond acceptors (Lipinski definition) is 8. The van der Waals surface area contributed by atoms with Crippen LogP contribution in [0.4, 0.5) is 5.13 Å². The molecular weight excluding hydrogens is 464 g/mol. The monoisotopic (exact) mass is 484 g/mol. The van der Waals surface area contributed by atoms with E-state index in [4.69, 9.17) is 4.74 Å². The maximum absolute atomic E-state index is 13.2. The van der Waals surface area contributed by atoms with Gasteiger partial charge in [-0.3, -0.25) is 19.5 Å². The highest BCUT2D eigenvalue weighted by Crippen LogP contribution is 2.43. The van der Waals surface area contributed by atoms with Crippen LogP contribution in [0.2, 0.25) is 0 Å². The Morgan fingerprint density at radius 2 is 1.80 bits per heavy atom. The van der Waals surface area contributed by atoms with Crippen molar-refractivity contribution in [3.63, 3.8) is 0 Å². The van der Waals surface area contributed by atoms with Gasteiger partial charge in [0.15, 0.2) is 0 Å². The first-order chi connectivity index (χ1) is 17.0. The fourth-order valence-corrected chi connectivity index (χ4v) is 4.62. The molecule has 2 aromatic carbocycles. The predicted molar refractivity (Wildman–Crippen MR) is 131 cm³/mol. The highest BCUT2D eigenvalue weighted by molar-refractivity contribution is 7.15. The van der Waals surface area contributed by atoms with Crippen molar-refractivity contribution in [1.29, 1.82) is 0 Å². The first kappa shape index (κ1) is 22.4. The zero-order valence-corrected chi connectivity index (χ0v) is 19.5. The number of rotatable bonds is 6. The van der Waals surface area contributed by atoms with E-state index in [1.165, 1.54) is 28.6 Å². The van der Waals surface area contributed by atoms with E-state index < -0.39 is 17.7 Å². The molecule has 1 fully saturated rings. The van der Waals surface area contributed by atoms with Crippen LogP contribution in [0.25, 0.3) is 5.76 Å². The van der Waals surface area contributed by atoms with E-state index >= 15 is 0 Å². The molecule has 1 aliphatic heterocycles. The number of ether oxygens (including phenoxy) is 1. The molecule has 1 saturated heterocycles. The molecule has 174 valence electrons. The van der Waals surface area contributed by atoms with Gasteiger partial charge in [0.05, 0.1) is 11.6 Å². The van der Waals surface area contributed by atoms with Gasteiger partial charge in [0.25, 0.3) is 5.78 Å². The van der Waals surface area contributed by atoms with Crippen molar-refractivity contribution in [1.82, 2.24) is 15.2 Å². The SMILES string of the molecule is Cc1nnc(N2C(=O)C(=O)/C(=C(/O)c3ccncc3)C2c2cccc(OCc3ccccc3)c2)s1. The number of ketones is 1. The maximum atomic E-state index is 13.2. The van der Waals surface area contributed by atoms with Crippen molar-refractivity contribution in [2.45, 2.75) is 19.6 Å². The van der Waals surface area contributed by atoms with Crippen molar-refractivity contribution in [3.05, 3.63) is 106 Å². The number of carbonyl (C=O) groups excluding carboxylic acids is 2. The van der Waals surface area contributed by atoms with E-state index in [9.17, 15) is 14.7 Å². The average molecular weight is 485 g/mol. The van der Waals surface area contributed by atoms with E-state index in [1.807, 2.05) is 30.3 Å². The molecule has 0 spiro atoms. The van der Waals surface area contributed by atoms with Crippen LogP contribution in [0.5, 0.6) is 5.75 Å². The molecule has 0 bridgehead atoms. The van der Waals surface area contributed by atoms with E-state index in [-0.39, 0.29) is 16.5 Å². The number of anilines is 1. The molecule has 35 heavy (non-hydrogen) atoms. The van der Waals surface area contributed by atoms with Crippen LogP contribution in [-0.4, -0.2) is 32.0 Å². The number of aromatic nitrogens is 3. The van der Waals surface area contributed by atoms with Gasteiger partial charge in [0.2, 0.25) is 5.13 Å². The number of amides is 1. The fraction of sp³-hybridized carbons (Fsp3) is 0.115. The van der Waals surface area contributed by atoms with Crippen LogP contribution in [-0.2, 0) is 16.2 Å². The zero-order valence-electron chi connectivity index (χ0n) is 18.7.